The molecule has 0 saturated carbocycles. The Hall–Kier alpha value is -2.96. The summed E-state index contributed by atoms with van der Waals surface area (Å²) in [6.07, 6.45) is 0.147. The van der Waals surface area contributed by atoms with Gasteiger partial charge in [-0.1, -0.05) is 12.1 Å². The van der Waals surface area contributed by atoms with Gasteiger partial charge in [0, 0.05) is 0 Å². The van der Waals surface area contributed by atoms with E-state index in [1.165, 1.54) is 6.07 Å². The molecule has 0 fully saturated rings. The third-order valence-electron chi connectivity index (χ3n) is 3.50. The number of hydrogen-bond acceptors (Lipinski definition) is 3. The fourth-order valence-corrected chi connectivity index (χ4v) is 2.36. The van der Waals surface area contributed by atoms with Crippen molar-refractivity contribution in [3.8, 4) is 5.75 Å². The quantitative estimate of drug-likeness (QED) is 0.908. The first-order valence-electron chi connectivity index (χ1n) is 7.32. The van der Waals surface area contributed by atoms with Crippen molar-refractivity contribution >= 4 is 23.2 Å². The molecule has 2 aromatic rings. The molecule has 0 aliphatic carbocycles. The summed E-state index contributed by atoms with van der Waals surface area (Å²) >= 11 is 0. The summed E-state index contributed by atoms with van der Waals surface area (Å²) in [4.78, 5) is 23.6. The molecule has 5 nitrogen and oxygen atoms in total. The largest absolute Gasteiger partial charge is 0.491 e. The van der Waals surface area contributed by atoms with Gasteiger partial charge in [0.25, 0.3) is 0 Å². The van der Waals surface area contributed by atoms with E-state index in [1.54, 1.807) is 18.2 Å². The highest BCUT2D eigenvalue weighted by Crippen LogP contribution is 2.28. The number of hydrogen-bond donors (Lipinski definition) is 2. The molecule has 0 unspecified atom stereocenters. The van der Waals surface area contributed by atoms with Crippen molar-refractivity contribution in [1.82, 2.24) is 0 Å². The molecule has 3 rings (SSSR count). The summed E-state index contributed by atoms with van der Waals surface area (Å²) in [5, 5.41) is 4.91. The van der Waals surface area contributed by atoms with E-state index < -0.39 is 23.2 Å². The van der Waals surface area contributed by atoms with Crippen molar-refractivity contribution in [3.63, 3.8) is 0 Å². The van der Waals surface area contributed by atoms with Gasteiger partial charge in [0.15, 0.2) is 0 Å². The Kier molecular flexibility index (Phi) is 4.41. The lowest BCUT2D eigenvalue weighted by Gasteiger charge is -2.10. The highest BCUT2D eigenvalue weighted by atomic mass is 19.1. The van der Waals surface area contributed by atoms with E-state index in [2.05, 4.69) is 10.6 Å². The lowest BCUT2D eigenvalue weighted by Crippen LogP contribution is -2.16. The third-order valence-corrected chi connectivity index (χ3v) is 3.50. The Morgan fingerprint density at radius 2 is 1.96 bits per heavy atom. The number of para-hydroxylation sites is 1. The van der Waals surface area contributed by atoms with Gasteiger partial charge in [-0.05, 0) is 29.8 Å². The first-order chi connectivity index (χ1) is 11.5. The third kappa shape index (κ3) is 3.51. The second-order valence-corrected chi connectivity index (χ2v) is 5.30. The van der Waals surface area contributed by atoms with Gasteiger partial charge in [0.2, 0.25) is 11.8 Å². The van der Waals surface area contributed by atoms with Crippen LogP contribution in [0.5, 0.6) is 5.75 Å². The summed E-state index contributed by atoms with van der Waals surface area (Å²) in [7, 11) is 0. The zero-order valence-electron chi connectivity index (χ0n) is 12.6. The number of benzene rings is 2. The number of fused-ring (bicyclic) bond motifs is 1. The van der Waals surface area contributed by atoms with Crippen molar-refractivity contribution in [2.45, 2.75) is 12.8 Å². The van der Waals surface area contributed by atoms with Crippen molar-refractivity contribution in [1.29, 1.82) is 0 Å². The summed E-state index contributed by atoms with van der Waals surface area (Å²) in [5.74, 6) is -1.91. The van der Waals surface area contributed by atoms with E-state index in [0.717, 1.165) is 12.1 Å². The van der Waals surface area contributed by atoms with Gasteiger partial charge in [-0.3, -0.25) is 9.59 Å². The maximum absolute atomic E-state index is 13.5. The highest BCUT2D eigenvalue weighted by molar-refractivity contribution is 5.95. The van der Waals surface area contributed by atoms with Crippen molar-refractivity contribution in [3.05, 3.63) is 53.6 Å². The van der Waals surface area contributed by atoms with Crippen LogP contribution in [0.3, 0.4) is 0 Å². The molecule has 0 radical (unpaired) electrons. The molecule has 2 aromatic carbocycles. The van der Waals surface area contributed by atoms with Crippen molar-refractivity contribution < 1.29 is 23.1 Å². The number of ether oxygens (including phenoxy) is 1. The second kappa shape index (κ2) is 6.66. The molecular weight excluding hydrogens is 318 g/mol. The van der Waals surface area contributed by atoms with E-state index in [9.17, 15) is 18.4 Å². The first-order valence-corrected chi connectivity index (χ1v) is 7.32. The molecule has 1 aliphatic rings. The summed E-state index contributed by atoms with van der Waals surface area (Å²) < 4.78 is 32.5. The van der Waals surface area contributed by atoms with E-state index >= 15 is 0 Å². The van der Waals surface area contributed by atoms with E-state index in [4.69, 9.17) is 4.74 Å². The number of halogens is 2. The molecule has 1 heterocycles. The Balaban J connectivity index is 1.74. The first kappa shape index (κ1) is 15.9. The van der Waals surface area contributed by atoms with Gasteiger partial charge in [-0.15, -0.1) is 0 Å². The Bertz CT molecular complexity index is 788. The molecule has 0 saturated heterocycles. The minimum atomic E-state index is -0.842. The topological polar surface area (TPSA) is 67.4 Å². The molecule has 0 spiro atoms. The van der Waals surface area contributed by atoms with Crippen LogP contribution in [0.1, 0.15) is 12.0 Å². The predicted molar refractivity (Wildman–Crippen MR) is 83.9 cm³/mol. The number of carbonyl (C=O) groups excluding carboxylic acids is 2. The average Bonchev–Trinajstić information content (AvgIpc) is 2.71. The standard InChI is InChI=1S/C17H14F2N2O3/c18-11-2-1-3-12(19)17(11)21-16(23)9-10-4-5-14-13(8-10)20-15(22)6-7-24-14/h1-5,8H,6-7,9H2,(H,20,22)(H,21,23). The normalized spacial score (nSPS) is 13.3. The molecule has 2 amide bonds. The van der Waals surface area contributed by atoms with Crippen LogP contribution in [0.4, 0.5) is 20.2 Å². The number of rotatable bonds is 3. The van der Waals surface area contributed by atoms with Crippen LogP contribution >= 0.6 is 0 Å². The van der Waals surface area contributed by atoms with Crippen LogP contribution in [0.25, 0.3) is 0 Å². The van der Waals surface area contributed by atoms with Gasteiger partial charge in [-0.2, -0.15) is 0 Å². The Morgan fingerprint density at radius 1 is 1.21 bits per heavy atom. The van der Waals surface area contributed by atoms with Crippen LogP contribution in [0.15, 0.2) is 36.4 Å². The predicted octanol–water partition coefficient (Wildman–Crippen LogP) is 2.87. The van der Waals surface area contributed by atoms with Gasteiger partial charge >= 0.3 is 0 Å². The molecule has 24 heavy (non-hydrogen) atoms. The average molecular weight is 332 g/mol. The van der Waals surface area contributed by atoms with Crippen molar-refractivity contribution in [2.75, 3.05) is 17.2 Å². The maximum atomic E-state index is 13.5. The minimum Gasteiger partial charge on any atom is -0.491 e. The van der Waals surface area contributed by atoms with Crippen LogP contribution in [0.2, 0.25) is 0 Å². The van der Waals surface area contributed by atoms with Crippen LogP contribution in [-0.4, -0.2) is 18.4 Å². The monoisotopic (exact) mass is 332 g/mol. The molecule has 2 N–H and O–H groups in total. The zero-order chi connectivity index (χ0) is 17.1. The SMILES string of the molecule is O=C1CCOc2ccc(CC(=O)Nc3c(F)cccc3F)cc2N1. The van der Waals surface area contributed by atoms with Gasteiger partial charge in [0.05, 0.1) is 25.1 Å². The lowest BCUT2D eigenvalue weighted by molar-refractivity contribution is -0.116. The molecule has 0 bridgehead atoms. The number of amides is 2. The summed E-state index contributed by atoms with van der Waals surface area (Å²) in [6.45, 7) is 0.283. The Labute approximate surface area is 136 Å². The van der Waals surface area contributed by atoms with E-state index in [-0.39, 0.29) is 25.4 Å². The Morgan fingerprint density at radius 3 is 2.71 bits per heavy atom. The fourth-order valence-electron chi connectivity index (χ4n) is 2.36. The molecular formula is C17H14F2N2O3. The minimum absolute atomic E-state index is 0.100. The molecule has 124 valence electrons. The lowest BCUT2D eigenvalue weighted by atomic mass is 10.1. The van der Waals surface area contributed by atoms with Gasteiger partial charge in [-0.25, -0.2) is 8.78 Å². The molecule has 1 aliphatic heterocycles. The number of carbonyl (C=O) groups is 2. The van der Waals surface area contributed by atoms with Gasteiger partial charge in [0.1, 0.15) is 23.1 Å². The smallest absolute Gasteiger partial charge is 0.228 e. The van der Waals surface area contributed by atoms with Gasteiger partial charge < -0.3 is 15.4 Å². The summed E-state index contributed by atoms with van der Waals surface area (Å²) in [6, 6.07) is 8.26. The van der Waals surface area contributed by atoms with E-state index in [0.29, 0.717) is 17.0 Å². The second-order valence-electron chi connectivity index (χ2n) is 5.30. The summed E-state index contributed by atoms with van der Waals surface area (Å²) in [5.41, 5.74) is 0.572. The molecule has 0 aromatic heterocycles. The zero-order valence-corrected chi connectivity index (χ0v) is 12.6. The van der Waals surface area contributed by atoms with Crippen molar-refractivity contribution in [2.24, 2.45) is 0 Å². The number of anilines is 2. The van der Waals surface area contributed by atoms with Crippen LogP contribution < -0.4 is 15.4 Å². The van der Waals surface area contributed by atoms with Crippen LogP contribution in [0, 0.1) is 11.6 Å². The molecule has 0 atom stereocenters. The van der Waals surface area contributed by atoms with E-state index in [1.807, 2.05) is 0 Å². The fraction of sp³-hybridized carbons (Fsp3) is 0.176. The van der Waals surface area contributed by atoms with Crippen LogP contribution in [-0.2, 0) is 16.0 Å². The number of nitrogens with one attached hydrogen (secondary N) is 2. The maximum Gasteiger partial charge on any atom is 0.228 e. The molecule has 7 heteroatoms. The highest BCUT2D eigenvalue weighted by Gasteiger charge is 2.16.